The number of hydrogen-bond donors (Lipinski definition) is 25. The van der Waals surface area contributed by atoms with E-state index in [1.165, 1.54) is 6.92 Å². The molecule has 0 spiro atoms. The minimum atomic E-state index is -2.47. The molecular weight excluding hydrogens is 1330 g/mol. The number of nitrogens with one attached hydrogen (secondary N) is 3. The van der Waals surface area contributed by atoms with Crippen LogP contribution < -0.4 is 16.0 Å². The second kappa shape index (κ2) is 34.5. The Balaban J connectivity index is 1.09. The van der Waals surface area contributed by atoms with Crippen molar-refractivity contribution in [3.63, 3.8) is 0 Å². The third-order valence-corrected chi connectivity index (χ3v) is 17.8. The SMILES string of the molecule is CC(=O)N[C@@H]1[C@@H](O)[C@H](O[C@@H]2O[C@H](CO)[C@@H](O[C@@H]3O[C@H](CO[C@H]4O[C@H](CO[C@H]5O[C@H](CO)[C@@H](O)[C@H](O)[C@@H]5O)[C@@H](O)[C@H](O)[C@@H]4O)[C@@H](O)[C@H](O[C@H]4O[C@H](CO)[C@@H](O)[C@H](O)[C@@H]4O[C@@H]4O[C@H](CO)[C@@H](O)[C@H](O)[C@H]4NC(C)=O)[C@@H]3O)[C@H](O)[C@H]2NC(C)=O)[C@@H](CO[C@@H]2O[C@@H](C)[C@@H](O)[C@@H](O)[C@@H]2O)O[C@H]1O. The first kappa shape index (κ1) is 79.6. The predicted octanol–water partition coefficient (Wildman–Crippen LogP) is -17.0. The highest BCUT2D eigenvalue weighted by molar-refractivity contribution is 5.74. The number of ether oxygens (including phenoxy) is 15. The first-order valence-electron chi connectivity index (χ1n) is 31.0. The summed E-state index contributed by atoms with van der Waals surface area (Å²) < 4.78 is 87.3. The fourth-order valence-corrected chi connectivity index (χ4v) is 12.3. The predicted molar refractivity (Wildman–Crippen MR) is 298 cm³/mol. The van der Waals surface area contributed by atoms with E-state index in [1.807, 2.05) is 0 Å². The molecule has 25 N–H and O–H groups in total. The Bertz CT molecular complexity index is 2490. The molecule has 8 fully saturated rings. The molecule has 43 nitrogen and oxygen atoms in total. The second-order valence-electron chi connectivity index (χ2n) is 24.7. The largest absolute Gasteiger partial charge is 0.394 e. The zero-order chi connectivity index (χ0) is 71.5. The van der Waals surface area contributed by atoms with E-state index in [0.717, 1.165) is 20.8 Å². The van der Waals surface area contributed by atoms with Crippen LogP contribution in [-0.4, -0.2) is 422 Å². The monoisotopic (exact) mass is 1420 g/mol. The van der Waals surface area contributed by atoms with Crippen LogP contribution in [-0.2, 0) is 85.4 Å². The van der Waals surface area contributed by atoms with Gasteiger partial charge in [-0.2, -0.15) is 0 Å². The summed E-state index contributed by atoms with van der Waals surface area (Å²) in [7, 11) is 0. The third kappa shape index (κ3) is 17.8. The van der Waals surface area contributed by atoms with Crippen molar-refractivity contribution in [3.8, 4) is 0 Å². The Morgan fingerprint density at radius 2 is 0.629 bits per heavy atom. The van der Waals surface area contributed by atoms with Crippen molar-refractivity contribution in [2.24, 2.45) is 0 Å². The van der Waals surface area contributed by atoms with Crippen molar-refractivity contribution in [2.45, 2.75) is 273 Å². The van der Waals surface area contributed by atoms with Gasteiger partial charge in [0.1, 0.15) is 189 Å². The number of carbonyl (C=O) groups excluding carboxylic acids is 3. The van der Waals surface area contributed by atoms with Gasteiger partial charge < -0.3 is 199 Å². The summed E-state index contributed by atoms with van der Waals surface area (Å²) in [6.45, 7) is -2.53. The standard InChI is InChI=1S/C54H91N3O40/c1-12-26(65)35(74)39(78)50(86-12)85-11-22-44(33(72)23(47(82)87-22)55-13(2)62)94-49-25(57-15(4)64)34(73)43(19(8-61)91-49)95-53-42(81)45(96-54-46(38(77)29(68)18(7-60)90-54)97-48-24(56-14(3)63)32(71)27(66)16(5-58)88-48)31(70)21(93-53)10-84-52-41(80)37(76)30(69)20(92-52)9-83-51-40(79)36(75)28(67)17(6-59)89-51/h12,16-54,58-61,65-82H,5-11H2,1-4H3,(H,55,62)(H,56,63)(H,57,64)/t12-,16+,17+,18+,19+,20+,21+,22+,23+,24+,25+,26+,27+,28+,29+,30+,31+,32+,33+,34+,35+,36-,37-,38-,39-,40-,41-,42-,43+,44+,45-,46-,47+,48-,49-,50+,51-,52-,53-,54+/m0/s1. The number of hydrogen-bond acceptors (Lipinski definition) is 40. The molecule has 8 saturated heterocycles. The molecule has 3 amide bonds. The van der Waals surface area contributed by atoms with E-state index in [2.05, 4.69) is 16.0 Å². The summed E-state index contributed by atoms with van der Waals surface area (Å²) in [5.41, 5.74) is 0. The lowest BCUT2D eigenvalue weighted by Crippen LogP contribution is -2.70. The Hall–Kier alpha value is -3.07. The van der Waals surface area contributed by atoms with E-state index in [4.69, 9.17) is 71.1 Å². The van der Waals surface area contributed by atoms with Crippen LogP contribution in [0.3, 0.4) is 0 Å². The zero-order valence-corrected chi connectivity index (χ0v) is 52.2. The van der Waals surface area contributed by atoms with Gasteiger partial charge >= 0.3 is 0 Å². The summed E-state index contributed by atoms with van der Waals surface area (Å²) in [6, 6.07) is -5.36. The van der Waals surface area contributed by atoms with Crippen molar-refractivity contribution in [1.29, 1.82) is 0 Å². The molecule has 0 saturated carbocycles. The summed E-state index contributed by atoms with van der Waals surface area (Å²) in [5, 5.41) is 248. The van der Waals surface area contributed by atoms with E-state index in [0.29, 0.717) is 0 Å². The number of aliphatic hydroxyl groups excluding tert-OH is 22. The van der Waals surface area contributed by atoms with E-state index in [1.54, 1.807) is 0 Å². The van der Waals surface area contributed by atoms with Crippen molar-refractivity contribution >= 4 is 17.7 Å². The first-order valence-corrected chi connectivity index (χ1v) is 31.0. The molecular formula is C54H91N3O40. The molecule has 0 radical (unpaired) electrons. The van der Waals surface area contributed by atoms with Gasteiger partial charge in [0, 0.05) is 20.8 Å². The average Bonchev–Trinajstić information content (AvgIpc) is 0.772. The van der Waals surface area contributed by atoms with Crippen LogP contribution in [0.15, 0.2) is 0 Å². The fourth-order valence-electron chi connectivity index (χ4n) is 12.3. The van der Waals surface area contributed by atoms with Crippen molar-refractivity contribution in [3.05, 3.63) is 0 Å². The molecule has 562 valence electrons. The minimum absolute atomic E-state index is 0.799. The molecule has 40 atom stereocenters. The zero-order valence-electron chi connectivity index (χ0n) is 52.2. The second-order valence-corrected chi connectivity index (χ2v) is 24.7. The normalized spacial score (nSPS) is 49.9. The van der Waals surface area contributed by atoms with Gasteiger partial charge in [-0.15, -0.1) is 0 Å². The molecule has 8 aliphatic heterocycles. The molecule has 8 aliphatic rings. The molecule has 8 heterocycles. The quantitative estimate of drug-likeness (QED) is 0.0427. The van der Waals surface area contributed by atoms with Crippen LogP contribution >= 0.6 is 0 Å². The number of rotatable bonds is 24. The minimum Gasteiger partial charge on any atom is -0.394 e. The van der Waals surface area contributed by atoms with Gasteiger partial charge in [-0.25, -0.2) is 0 Å². The molecule has 0 aliphatic carbocycles. The van der Waals surface area contributed by atoms with Crippen LogP contribution in [0, 0.1) is 0 Å². The number of aliphatic hydroxyl groups is 22. The number of carbonyl (C=O) groups is 3. The average molecular weight is 1420 g/mol. The lowest BCUT2D eigenvalue weighted by atomic mass is 9.93. The van der Waals surface area contributed by atoms with Gasteiger partial charge in [0.15, 0.2) is 50.3 Å². The van der Waals surface area contributed by atoms with E-state index in [-0.39, 0.29) is 0 Å². The van der Waals surface area contributed by atoms with Gasteiger partial charge in [-0.3, -0.25) is 14.4 Å². The Kier molecular flexibility index (Phi) is 28.3. The highest BCUT2D eigenvalue weighted by Gasteiger charge is 2.59. The maximum absolute atomic E-state index is 13.0. The molecule has 0 unspecified atom stereocenters. The van der Waals surface area contributed by atoms with Crippen LogP contribution in [0.25, 0.3) is 0 Å². The fraction of sp³-hybridized carbons (Fsp3) is 0.944. The van der Waals surface area contributed by atoms with E-state index >= 15 is 0 Å². The van der Waals surface area contributed by atoms with E-state index in [9.17, 15) is 127 Å². The Labute approximate surface area is 549 Å². The lowest BCUT2D eigenvalue weighted by molar-refractivity contribution is -0.394. The van der Waals surface area contributed by atoms with Crippen molar-refractivity contribution in [1.82, 2.24) is 16.0 Å². The van der Waals surface area contributed by atoms with E-state index < -0.39 is 309 Å². The molecule has 0 aromatic rings. The van der Waals surface area contributed by atoms with Gasteiger partial charge in [-0.05, 0) is 6.92 Å². The Morgan fingerprint density at radius 3 is 1.14 bits per heavy atom. The van der Waals surface area contributed by atoms with Crippen molar-refractivity contribution in [2.75, 3.05) is 46.2 Å². The number of amides is 3. The van der Waals surface area contributed by atoms with Crippen LogP contribution in [0.4, 0.5) is 0 Å². The third-order valence-electron chi connectivity index (χ3n) is 17.8. The first-order chi connectivity index (χ1) is 45.8. The molecule has 0 bridgehead atoms. The Morgan fingerprint density at radius 1 is 0.289 bits per heavy atom. The maximum atomic E-state index is 13.0. The van der Waals surface area contributed by atoms with Crippen LogP contribution in [0.1, 0.15) is 27.7 Å². The topological polar surface area (TPSA) is 671 Å². The van der Waals surface area contributed by atoms with Crippen LogP contribution in [0.5, 0.6) is 0 Å². The summed E-state index contributed by atoms with van der Waals surface area (Å²) >= 11 is 0. The van der Waals surface area contributed by atoms with Crippen LogP contribution in [0.2, 0.25) is 0 Å². The molecule has 0 aromatic carbocycles. The lowest BCUT2D eigenvalue weighted by Gasteiger charge is -2.51. The molecule has 8 rings (SSSR count). The summed E-state index contributed by atoms with van der Waals surface area (Å²) in [6.07, 6.45) is -72.7. The van der Waals surface area contributed by atoms with Gasteiger partial charge in [0.25, 0.3) is 0 Å². The molecule has 0 aromatic heterocycles. The smallest absolute Gasteiger partial charge is 0.217 e. The highest BCUT2D eigenvalue weighted by Crippen LogP contribution is 2.38. The summed E-state index contributed by atoms with van der Waals surface area (Å²) in [4.78, 5) is 37.7. The maximum Gasteiger partial charge on any atom is 0.217 e. The molecule has 97 heavy (non-hydrogen) atoms. The highest BCUT2D eigenvalue weighted by atomic mass is 16.8. The van der Waals surface area contributed by atoms with Gasteiger partial charge in [-0.1, -0.05) is 0 Å². The van der Waals surface area contributed by atoms with Crippen molar-refractivity contribution < 1.29 is 198 Å². The summed E-state index contributed by atoms with van der Waals surface area (Å²) in [5.74, 6) is -2.57. The molecule has 43 heteroatoms. The van der Waals surface area contributed by atoms with Gasteiger partial charge in [0.05, 0.1) is 52.4 Å². The van der Waals surface area contributed by atoms with Gasteiger partial charge in [0.2, 0.25) is 17.7 Å².